The Kier molecular flexibility index (Phi) is 5.58. The number of nitrogens with one attached hydrogen (secondary N) is 2. The van der Waals surface area contributed by atoms with Crippen molar-refractivity contribution in [3.05, 3.63) is 21.6 Å². The van der Waals surface area contributed by atoms with Crippen LogP contribution in [0.4, 0.5) is 5.69 Å². The number of hydrogen-bond donors (Lipinski definition) is 2. The fourth-order valence-corrected chi connectivity index (χ4v) is 2.01. The van der Waals surface area contributed by atoms with Gasteiger partial charge < -0.3 is 15.4 Å². The zero-order chi connectivity index (χ0) is 15.2. The summed E-state index contributed by atoms with van der Waals surface area (Å²) in [6.07, 6.45) is 3.46. The van der Waals surface area contributed by atoms with Crippen LogP contribution in [-0.4, -0.2) is 42.5 Å². The molecule has 1 aliphatic carbocycles. The lowest BCUT2D eigenvalue weighted by Crippen LogP contribution is -2.30. The molecule has 0 aliphatic heterocycles. The molecule has 0 atom stereocenters. The van der Waals surface area contributed by atoms with E-state index in [4.69, 9.17) is 16.3 Å². The first-order valence-electron chi connectivity index (χ1n) is 6.89. The zero-order valence-corrected chi connectivity index (χ0v) is 12.7. The molecule has 1 fully saturated rings. The van der Waals surface area contributed by atoms with Gasteiger partial charge in [0.05, 0.1) is 25.0 Å². The number of methoxy groups -OCH3 is 1. The standard InChI is InChI=1S/C13H19ClN4O3/c1-21-7-6-18-13(20)11(14)10(8-17-18)15-4-5-16-12(19)9-2-3-9/h8-9,15H,2-7H2,1H3,(H,16,19). The maximum atomic E-state index is 11.9. The van der Waals surface area contributed by atoms with Gasteiger partial charge in [0, 0.05) is 26.1 Å². The van der Waals surface area contributed by atoms with Crippen LogP contribution in [0.3, 0.4) is 0 Å². The van der Waals surface area contributed by atoms with Crippen molar-refractivity contribution in [3.8, 4) is 0 Å². The monoisotopic (exact) mass is 314 g/mol. The molecule has 0 aromatic carbocycles. The summed E-state index contributed by atoms with van der Waals surface area (Å²) in [6, 6.07) is 0. The third kappa shape index (κ3) is 4.44. The van der Waals surface area contributed by atoms with E-state index in [0.717, 1.165) is 12.8 Å². The third-order valence-corrected chi connectivity index (χ3v) is 3.55. The van der Waals surface area contributed by atoms with E-state index in [1.165, 1.54) is 10.9 Å². The number of anilines is 1. The Hall–Kier alpha value is -1.60. The van der Waals surface area contributed by atoms with Crippen molar-refractivity contribution >= 4 is 23.2 Å². The molecular formula is C13H19ClN4O3. The number of amides is 1. The molecule has 2 N–H and O–H groups in total. The Labute approximate surface area is 127 Å². The molecule has 1 aromatic rings. The van der Waals surface area contributed by atoms with Crippen molar-refractivity contribution in [1.82, 2.24) is 15.1 Å². The number of hydrogen-bond acceptors (Lipinski definition) is 5. The van der Waals surface area contributed by atoms with Crippen LogP contribution in [0.1, 0.15) is 12.8 Å². The quantitative estimate of drug-likeness (QED) is 0.682. The van der Waals surface area contributed by atoms with Gasteiger partial charge in [-0.15, -0.1) is 0 Å². The van der Waals surface area contributed by atoms with E-state index in [1.54, 1.807) is 7.11 Å². The summed E-state index contributed by atoms with van der Waals surface area (Å²) in [6.45, 7) is 1.72. The lowest BCUT2D eigenvalue weighted by molar-refractivity contribution is -0.122. The first kappa shape index (κ1) is 15.8. The number of carbonyl (C=O) groups excluding carboxylic acids is 1. The molecule has 0 bridgehead atoms. The van der Waals surface area contributed by atoms with Crippen LogP contribution < -0.4 is 16.2 Å². The number of halogens is 1. The molecule has 8 heteroatoms. The topological polar surface area (TPSA) is 85.2 Å². The summed E-state index contributed by atoms with van der Waals surface area (Å²) in [5.41, 5.74) is 0.108. The van der Waals surface area contributed by atoms with Gasteiger partial charge in [-0.3, -0.25) is 9.59 Å². The van der Waals surface area contributed by atoms with Crippen LogP contribution in [0.2, 0.25) is 5.02 Å². The highest BCUT2D eigenvalue weighted by atomic mass is 35.5. The van der Waals surface area contributed by atoms with Gasteiger partial charge in [-0.1, -0.05) is 11.6 Å². The summed E-state index contributed by atoms with van der Waals surface area (Å²) in [5, 5.41) is 9.93. The van der Waals surface area contributed by atoms with Gasteiger partial charge in [0.15, 0.2) is 0 Å². The molecule has 0 saturated heterocycles. The number of ether oxygens (including phenoxy) is 1. The van der Waals surface area contributed by atoms with Crippen LogP contribution >= 0.6 is 11.6 Å². The Morgan fingerprint density at radius 3 is 2.95 bits per heavy atom. The zero-order valence-electron chi connectivity index (χ0n) is 11.9. The predicted octanol–water partition coefficient (Wildman–Crippen LogP) is 0.481. The SMILES string of the molecule is COCCn1ncc(NCCNC(=O)C2CC2)c(Cl)c1=O. The molecule has 0 unspecified atom stereocenters. The molecule has 116 valence electrons. The van der Waals surface area contributed by atoms with Gasteiger partial charge in [-0.05, 0) is 12.8 Å². The summed E-state index contributed by atoms with van der Waals surface area (Å²) < 4.78 is 6.15. The fourth-order valence-electron chi connectivity index (χ4n) is 1.80. The van der Waals surface area contributed by atoms with Crippen LogP contribution in [0.15, 0.2) is 11.0 Å². The van der Waals surface area contributed by atoms with Crippen LogP contribution in [0, 0.1) is 5.92 Å². The Balaban J connectivity index is 1.83. The van der Waals surface area contributed by atoms with Crippen molar-refractivity contribution in [2.24, 2.45) is 5.92 Å². The number of nitrogens with zero attached hydrogens (tertiary/aromatic N) is 2. The average molecular weight is 315 g/mol. The number of aromatic nitrogens is 2. The molecule has 0 spiro atoms. The second-order valence-electron chi connectivity index (χ2n) is 4.89. The van der Waals surface area contributed by atoms with E-state index in [0.29, 0.717) is 31.9 Å². The van der Waals surface area contributed by atoms with Crippen LogP contribution in [0.5, 0.6) is 0 Å². The fraction of sp³-hybridized carbons (Fsp3) is 0.615. The molecule has 7 nitrogen and oxygen atoms in total. The predicted molar refractivity (Wildman–Crippen MR) is 79.6 cm³/mol. The highest BCUT2D eigenvalue weighted by Gasteiger charge is 2.28. The van der Waals surface area contributed by atoms with Crippen LogP contribution in [-0.2, 0) is 16.1 Å². The van der Waals surface area contributed by atoms with Crippen molar-refractivity contribution in [2.75, 3.05) is 32.1 Å². The lowest BCUT2D eigenvalue weighted by atomic mass is 10.4. The molecule has 1 amide bonds. The minimum atomic E-state index is -0.360. The first-order chi connectivity index (χ1) is 10.1. The van der Waals surface area contributed by atoms with E-state index in [-0.39, 0.29) is 22.4 Å². The van der Waals surface area contributed by atoms with Gasteiger partial charge >= 0.3 is 0 Å². The molecule has 0 radical (unpaired) electrons. The Bertz CT molecular complexity index is 557. The molecule has 1 aliphatic rings. The maximum Gasteiger partial charge on any atom is 0.287 e. The second kappa shape index (κ2) is 7.42. The van der Waals surface area contributed by atoms with Gasteiger partial charge in [-0.25, -0.2) is 4.68 Å². The average Bonchev–Trinajstić information content (AvgIpc) is 3.31. The van der Waals surface area contributed by atoms with E-state index < -0.39 is 0 Å². The minimum Gasteiger partial charge on any atom is -0.383 e. The molecular weight excluding hydrogens is 296 g/mol. The number of rotatable bonds is 8. The molecule has 1 aromatic heterocycles. The second-order valence-corrected chi connectivity index (χ2v) is 5.26. The van der Waals surface area contributed by atoms with Crippen molar-refractivity contribution in [2.45, 2.75) is 19.4 Å². The summed E-state index contributed by atoms with van der Waals surface area (Å²) in [5.74, 6) is 0.288. The van der Waals surface area contributed by atoms with E-state index in [9.17, 15) is 9.59 Å². The lowest BCUT2D eigenvalue weighted by Gasteiger charge is -2.10. The van der Waals surface area contributed by atoms with Gasteiger partial charge in [0.2, 0.25) is 5.91 Å². The molecule has 21 heavy (non-hydrogen) atoms. The smallest absolute Gasteiger partial charge is 0.287 e. The van der Waals surface area contributed by atoms with Crippen molar-refractivity contribution < 1.29 is 9.53 Å². The number of carbonyl (C=O) groups is 1. The minimum absolute atomic E-state index is 0.0922. The van der Waals surface area contributed by atoms with Crippen molar-refractivity contribution in [1.29, 1.82) is 0 Å². The molecule has 1 heterocycles. The third-order valence-electron chi connectivity index (χ3n) is 3.18. The Morgan fingerprint density at radius 2 is 2.29 bits per heavy atom. The maximum absolute atomic E-state index is 11.9. The summed E-state index contributed by atoms with van der Waals surface area (Å²) in [7, 11) is 1.55. The highest BCUT2D eigenvalue weighted by molar-refractivity contribution is 6.32. The van der Waals surface area contributed by atoms with Crippen LogP contribution in [0.25, 0.3) is 0 Å². The first-order valence-corrected chi connectivity index (χ1v) is 7.27. The molecule has 2 rings (SSSR count). The van der Waals surface area contributed by atoms with Gasteiger partial charge in [0.25, 0.3) is 5.56 Å². The summed E-state index contributed by atoms with van der Waals surface area (Å²) >= 11 is 6.02. The van der Waals surface area contributed by atoms with Gasteiger partial charge in [0.1, 0.15) is 5.02 Å². The van der Waals surface area contributed by atoms with E-state index in [2.05, 4.69) is 15.7 Å². The highest BCUT2D eigenvalue weighted by Crippen LogP contribution is 2.28. The summed E-state index contributed by atoms with van der Waals surface area (Å²) in [4.78, 5) is 23.4. The Morgan fingerprint density at radius 1 is 1.52 bits per heavy atom. The molecule has 1 saturated carbocycles. The largest absolute Gasteiger partial charge is 0.383 e. The van der Waals surface area contributed by atoms with Crippen molar-refractivity contribution in [3.63, 3.8) is 0 Å². The van der Waals surface area contributed by atoms with E-state index >= 15 is 0 Å². The van der Waals surface area contributed by atoms with Gasteiger partial charge in [-0.2, -0.15) is 5.10 Å². The normalized spacial score (nSPS) is 14.0. The van der Waals surface area contributed by atoms with E-state index in [1.807, 2.05) is 0 Å².